The molecule has 1 aliphatic rings. The van der Waals surface area contributed by atoms with Gasteiger partial charge in [0.2, 0.25) is 5.91 Å². The lowest BCUT2D eigenvalue weighted by molar-refractivity contribution is -0.122. The number of rotatable bonds is 5. The fourth-order valence-electron chi connectivity index (χ4n) is 3.76. The second kappa shape index (κ2) is 8.05. The lowest BCUT2D eigenvalue weighted by Crippen LogP contribution is -2.27. The number of aliphatic hydroxyl groups is 1. The largest absolute Gasteiger partial charge is 0.497 e. The van der Waals surface area contributed by atoms with Crippen LogP contribution in [0.4, 0.5) is 5.82 Å². The molecule has 0 unspecified atom stereocenters. The number of nitrogens with one attached hydrogen (secondary N) is 1. The van der Waals surface area contributed by atoms with Gasteiger partial charge in [-0.2, -0.15) is 0 Å². The van der Waals surface area contributed by atoms with Crippen LogP contribution in [0.2, 0.25) is 0 Å². The van der Waals surface area contributed by atoms with Crippen LogP contribution in [0.1, 0.15) is 6.42 Å². The van der Waals surface area contributed by atoms with Gasteiger partial charge in [-0.15, -0.1) is 0 Å². The lowest BCUT2D eigenvalue weighted by Gasteiger charge is -2.20. The zero-order valence-corrected chi connectivity index (χ0v) is 16.5. The molecule has 150 valence electrons. The molecule has 0 radical (unpaired) electrons. The van der Waals surface area contributed by atoms with Gasteiger partial charge in [0.05, 0.1) is 18.7 Å². The van der Waals surface area contributed by atoms with E-state index in [4.69, 9.17) is 14.7 Å². The number of aliphatic hydroxyl groups excluding tert-OH is 1. The van der Waals surface area contributed by atoms with Gasteiger partial charge >= 0.3 is 0 Å². The quantitative estimate of drug-likeness (QED) is 0.692. The first kappa shape index (κ1) is 19.1. The minimum atomic E-state index is -0.582. The molecule has 0 spiro atoms. The number of methoxy groups -OCH3 is 1. The van der Waals surface area contributed by atoms with Crippen molar-refractivity contribution < 1.29 is 14.6 Å². The van der Waals surface area contributed by atoms with Crippen LogP contribution in [-0.2, 0) is 4.79 Å². The highest BCUT2D eigenvalue weighted by Crippen LogP contribution is 2.32. The molecule has 29 heavy (non-hydrogen) atoms. The van der Waals surface area contributed by atoms with Crippen molar-refractivity contribution in [2.75, 3.05) is 32.1 Å². The van der Waals surface area contributed by atoms with Crippen molar-refractivity contribution in [1.29, 1.82) is 0 Å². The Bertz CT molecular complexity index is 1040. The molecule has 0 saturated carbocycles. The molecule has 4 rings (SSSR count). The lowest BCUT2D eigenvalue weighted by atomic mass is 10.0. The normalized spacial score (nSPS) is 18.8. The van der Waals surface area contributed by atoms with Gasteiger partial charge < -0.3 is 20.1 Å². The Kier molecular flexibility index (Phi) is 5.31. The average Bonchev–Trinajstić information content (AvgIpc) is 3.12. The van der Waals surface area contributed by atoms with Crippen LogP contribution >= 0.6 is 0 Å². The average molecular weight is 392 g/mol. The number of hydrogen-bond acceptors (Lipinski definition) is 6. The molecule has 0 bridgehead atoms. The Labute approximate surface area is 169 Å². The molecule has 1 aromatic heterocycles. The van der Waals surface area contributed by atoms with Crippen molar-refractivity contribution in [3.8, 4) is 17.1 Å². The van der Waals surface area contributed by atoms with Gasteiger partial charge in [-0.25, -0.2) is 9.97 Å². The van der Waals surface area contributed by atoms with Crippen molar-refractivity contribution in [1.82, 2.24) is 15.3 Å². The molecule has 1 fully saturated rings. The van der Waals surface area contributed by atoms with Crippen LogP contribution in [0.3, 0.4) is 0 Å². The van der Waals surface area contributed by atoms with Crippen molar-refractivity contribution in [2.45, 2.75) is 12.5 Å². The van der Waals surface area contributed by atoms with Crippen molar-refractivity contribution in [3.05, 3.63) is 48.5 Å². The summed E-state index contributed by atoms with van der Waals surface area (Å²) in [5.74, 6) is 1.90. The first-order valence-electron chi connectivity index (χ1n) is 9.64. The Hall–Kier alpha value is -3.19. The fourth-order valence-corrected chi connectivity index (χ4v) is 3.76. The number of aromatic nitrogens is 2. The van der Waals surface area contributed by atoms with E-state index < -0.39 is 6.10 Å². The van der Waals surface area contributed by atoms with E-state index in [0.717, 1.165) is 28.0 Å². The summed E-state index contributed by atoms with van der Waals surface area (Å²) in [6, 6.07) is 15.5. The van der Waals surface area contributed by atoms with E-state index in [1.807, 2.05) is 53.4 Å². The molecular weight excluding hydrogens is 368 g/mol. The molecule has 3 aromatic rings. The molecule has 1 saturated heterocycles. The van der Waals surface area contributed by atoms with Gasteiger partial charge in [-0.3, -0.25) is 4.79 Å². The summed E-state index contributed by atoms with van der Waals surface area (Å²) in [6.07, 6.45) is -0.291. The summed E-state index contributed by atoms with van der Waals surface area (Å²) < 4.78 is 5.33. The van der Waals surface area contributed by atoms with Crippen molar-refractivity contribution >= 4 is 22.6 Å². The highest BCUT2D eigenvalue weighted by atomic mass is 16.5. The first-order chi connectivity index (χ1) is 14.1. The predicted octanol–water partition coefficient (Wildman–Crippen LogP) is 2.24. The number of hydrogen-bond donors (Lipinski definition) is 2. The maximum absolute atomic E-state index is 11.8. The summed E-state index contributed by atoms with van der Waals surface area (Å²) in [4.78, 5) is 23.4. The number of carbonyl (C=O) groups excluding carboxylic acids is 1. The van der Waals surface area contributed by atoms with E-state index in [1.165, 1.54) is 0 Å². The second-order valence-corrected chi connectivity index (χ2v) is 7.23. The summed E-state index contributed by atoms with van der Waals surface area (Å²) in [7, 11) is 3.24. The van der Waals surface area contributed by atoms with E-state index in [2.05, 4.69) is 5.32 Å². The van der Waals surface area contributed by atoms with Crippen LogP contribution in [0, 0.1) is 5.92 Å². The standard InChI is InChI=1S/C22H24N4O3/c1-23-20(28)11-15-12-26(13-19(15)27)22-17-8-3-4-9-18(17)24-21(25-22)14-6-5-7-16(10-14)29-2/h3-10,15,19,27H,11-13H2,1-2H3,(H,23,28)/t15-,19-/m1/s1. The maximum Gasteiger partial charge on any atom is 0.220 e. The SMILES string of the molecule is CNC(=O)C[C@@H]1CN(c2nc(-c3cccc(OC)c3)nc3ccccc23)C[C@H]1O. The van der Waals surface area contributed by atoms with Crippen LogP contribution < -0.4 is 15.0 Å². The van der Waals surface area contributed by atoms with Gasteiger partial charge in [0.15, 0.2) is 5.82 Å². The fraction of sp³-hybridized carbons (Fsp3) is 0.318. The molecule has 7 nitrogen and oxygen atoms in total. The third-order valence-electron chi connectivity index (χ3n) is 5.34. The molecule has 0 aliphatic carbocycles. The van der Waals surface area contributed by atoms with Gasteiger partial charge in [-0.05, 0) is 24.3 Å². The third-order valence-corrected chi connectivity index (χ3v) is 5.34. The minimum absolute atomic E-state index is 0.0690. The van der Waals surface area contributed by atoms with Gasteiger partial charge in [0.1, 0.15) is 11.6 Å². The molecule has 7 heteroatoms. The Morgan fingerprint density at radius 3 is 2.83 bits per heavy atom. The van der Waals surface area contributed by atoms with Crippen LogP contribution in [0.25, 0.3) is 22.3 Å². The molecule has 2 heterocycles. The first-order valence-corrected chi connectivity index (χ1v) is 9.64. The minimum Gasteiger partial charge on any atom is -0.497 e. The van der Waals surface area contributed by atoms with E-state index in [0.29, 0.717) is 25.3 Å². The Balaban J connectivity index is 1.75. The summed E-state index contributed by atoms with van der Waals surface area (Å²) in [5.41, 5.74) is 1.69. The summed E-state index contributed by atoms with van der Waals surface area (Å²) in [6.45, 7) is 0.993. The van der Waals surface area contributed by atoms with Crippen molar-refractivity contribution in [2.24, 2.45) is 5.92 Å². The second-order valence-electron chi connectivity index (χ2n) is 7.23. The van der Waals surface area contributed by atoms with E-state index in [9.17, 15) is 9.90 Å². The summed E-state index contributed by atoms with van der Waals surface area (Å²) >= 11 is 0. The van der Waals surface area contributed by atoms with Crippen LogP contribution in [-0.4, -0.2) is 54.3 Å². The van der Waals surface area contributed by atoms with Crippen LogP contribution in [0.5, 0.6) is 5.75 Å². The zero-order chi connectivity index (χ0) is 20.4. The van der Waals surface area contributed by atoms with Crippen LogP contribution in [0.15, 0.2) is 48.5 Å². The monoisotopic (exact) mass is 392 g/mol. The van der Waals surface area contributed by atoms with Gasteiger partial charge in [0.25, 0.3) is 0 Å². The maximum atomic E-state index is 11.8. The molecule has 2 aromatic carbocycles. The third kappa shape index (κ3) is 3.86. The zero-order valence-electron chi connectivity index (χ0n) is 16.5. The molecule has 2 N–H and O–H groups in total. The van der Waals surface area contributed by atoms with Crippen molar-refractivity contribution in [3.63, 3.8) is 0 Å². The molecule has 1 amide bonds. The van der Waals surface area contributed by atoms with E-state index >= 15 is 0 Å². The smallest absolute Gasteiger partial charge is 0.220 e. The van der Waals surface area contributed by atoms with E-state index in [-0.39, 0.29) is 11.8 Å². The van der Waals surface area contributed by atoms with Gasteiger partial charge in [-0.1, -0.05) is 24.3 Å². The number of ether oxygens (including phenoxy) is 1. The number of para-hydroxylation sites is 1. The number of β-amino-alcohol motifs (C(OH)–C–C–N with tert-alkyl or cyclic N) is 1. The highest BCUT2D eigenvalue weighted by molar-refractivity contribution is 5.91. The summed E-state index contributed by atoms with van der Waals surface area (Å²) in [5, 5.41) is 14.1. The number of benzene rings is 2. The Morgan fingerprint density at radius 1 is 1.21 bits per heavy atom. The highest BCUT2D eigenvalue weighted by Gasteiger charge is 2.34. The Morgan fingerprint density at radius 2 is 2.03 bits per heavy atom. The molecule has 1 aliphatic heterocycles. The number of anilines is 1. The number of amides is 1. The predicted molar refractivity (Wildman–Crippen MR) is 112 cm³/mol. The molecular formula is C22H24N4O3. The molecule has 2 atom stereocenters. The number of fused-ring (bicyclic) bond motifs is 1. The number of nitrogens with zero attached hydrogens (tertiary/aromatic N) is 3. The number of carbonyl (C=O) groups is 1. The van der Waals surface area contributed by atoms with Gasteiger partial charge in [0, 0.05) is 43.4 Å². The van der Waals surface area contributed by atoms with E-state index in [1.54, 1.807) is 14.2 Å². The topological polar surface area (TPSA) is 87.6 Å².